The lowest BCUT2D eigenvalue weighted by molar-refractivity contribution is -0.131. The molecule has 2 heteroatoms. The molecular weight excluding hydrogens is 212 g/mol. The van der Waals surface area contributed by atoms with Crippen molar-refractivity contribution in [2.75, 3.05) is 0 Å². The highest BCUT2D eigenvalue weighted by molar-refractivity contribution is 5.80. The van der Waals surface area contributed by atoms with Crippen molar-refractivity contribution in [3.63, 3.8) is 0 Å². The third kappa shape index (κ3) is 9.61. The molecule has 0 heterocycles. The molecule has 0 aromatic heterocycles. The largest absolute Gasteiger partial charge is 0.478 e. The average Bonchev–Trinajstić information content (AvgIpc) is 2.24. The molecule has 0 aromatic carbocycles. The molecule has 2 nitrogen and oxygen atoms in total. The summed E-state index contributed by atoms with van der Waals surface area (Å²) in [5.74, 6) is -0.263. The highest BCUT2D eigenvalue weighted by Gasteiger charge is 2.00. The minimum absolute atomic E-state index is 0.638. The van der Waals surface area contributed by atoms with Gasteiger partial charge < -0.3 is 5.11 Å². The molecule has 0 amide bonds. The standard InChI is InChI=1S/C15H24O2/c1-12(2)14(4)11-10-13(3)8-6-5-7-9-15(16)17/h5-7,9,13H,8,10-11H2,1-4H3,(H,16,17)/b6-5+,9-7+. The van der Waals surface area contributed by atoms with Crippen LogP contribution in [0.3, 0.4) is 0 Å². The molecule has 0 aliphatic heterocycles. The lowest BCUT2D eigenvalue weighted by atomic mass is 9.97. The molecule has 0 saturated carbocycles. The molecule has 0 saturated heterocycles. The van der Waals surface area contributed by atoms with Gasteiger partial charge in [-0.2, -0.15) is 0 Å². The number of carboxylic acids is 1. The van der Waals surface area contributed by atoms with E-state index >= 15 is 0 Å². The Morgan fingerprint density at radius 1 is 1.24 bits per heavy atom. The SMILES string of the molecule is CC(C)=C(C)CCC(C)C/C=C/C=C/C(=O)O. The normalized spacial score (nSPS) is 13.2. The Balaban J connectivity index is 3.84. The van der Waals surface area contributed by atoms with Gasteiger partial charge in [-0.05, 0) is 46.0 Å². The van der Waals surface area contributed by atoms with E-state index in [1.165, 1.54) is 17.6 Å². The molecule has 0 rings (SSSR count). The van der Waals surface area contributed by atoms with Gasteiger partial charge in [-0.25, -0.2) is 4.79 Å². The first-order valence-corrected chi connectivity index (χ1v) is 6.12. The number of rotatable bonds is 7. The van der Waals surface area contributed by atoms with Crippen LogP contribution in [-0.4, -0.2) is 11.1 Å². The highest BCUT2D eigenvalue weighted by Crippen LogP contribution is 2.17. The predicted molar refractivity (Wildman–Crippen MR) is 73.0 cm³/mol. The smallest absolute Gasteiger partial charge is 0.328 e. The number of carbonyl (C=O) groups is 1. The molecule has 0 bridgehead atoms. The maximum atomic E-state index is 10.2. The lowest BCUT2D eigenvalue weighted by Crippen LogP contribution is -1.94. The van der Waals surface area contributed by atoms with Crippen molar-refractivity contribution in [3.05, 3.63) is 35.5 Å². The Bertz CT molecular complexity index is 318. The van der Waals surface area contributed by atoms with Crippen molar-refractivity contribution in [1.29, 1.82) is 0 Å². The molecular formula is C15H24O2. The molecule has 0 aliphatic carbocycles. The average molecular weight is 236 g/mol. The summed E-state index contributed by atoms with van der Waals surface area (Å²) in [7, 11) is 0. The fourth-order valence-corrected chi connectivity index (χ4v) is 1.36. The second kappa shape index (κ2) is 8.80. The van der Waals surface area contributed by atoms with Gasteiger partial charge in [-0.1, -0.05) is 36.3 Å². The van der Waals surface area contributed by atoms with Crippen LogP contribution in [0.15, 0.2) is 35.5 Å². The fraction of sp³-hybridized carbons (Fsp3) is 0.533. The van der Waals surface area contributed by atoms with Crippen LogP contribution in [0.5, 0.6) is 0 Å². The second-order valence-corrected chi connectivity index (χ2v) is 4.79. The number of hydrogen-bond acceptors (Lipinski definition) is 1. The molecule has 96 valence electrons. The number of allylic oxidation sites excluding steroid dienone is 5. The van der Waals surface area contributed by atoms with Crippen molar-refractivity contribution >= 4 is 5.97 Å². The summed E-state index contributed by atoms with van der Waals surface area (Å²) >= 11 is 0. The first-order valence-electron chi connectivity index (χ1n) is 6.12. The summed E-state index contributed by atoms with van der Waals surface area (Å²) in [5, 5.41) is 8.39. The number of hydrogen-bond donors (Lipinski definition) is 1. The van der Waals surface area contributed by atoms with Gasteiger partial charge in [-0.15, -0.1) is 0 Å². The molecule has 1 N–H and O–H groups in total. The Morgan fingerprint density at radius 2 is 1.88 bits per heavy atom. The minimum Gasteiger partial charge on any atom is -0.478 e. The fourth-order valence-electron chi connectivity index (χ4n) is 1.36. The molecule has 1 unspecified atom stereocenters. The summed E-state index contributed by atoms with van der Waals surface area (Å²) in [6, 6.07) is 0. The monoisotopic (exact) mass is 236 g/mol. The van der Waals surface area contributed by atoms with Crippen molar-refractivity contribution < 1.29 is 9.90 Å². The number of carboxylic acid groups (broad SMARTS) is 1. The zero-order valence-corrected chi connectivity index (χ0v) is 11.4. The first-order chi connectivity index (χ1) is 7.93. The van der Waals surface area contributed by atoms with Gasteiger partial charge in [-0.3, -0.25) is 0 Å². The topological polar surface area (TPSA) is 37.3 Å². The summed E-state index contributed by atoms with van der Waals surface area (Å²) < 4.78 is 0. The van der Waals surface area contributed by atoms with E-state index in [9.17, 15) is 4.79 Å². The van der Waals surface area contributed by atoms with E-state index in [4.69, 9.17) is 5.11 Å². The summed E-state index contributed by atoms with van der Waals surface area (Å²) in [4.78, 5) is 10.2. The third-order valence-corrected chi connectivity index (χ3v) is 2.89. The summed E-state index contributed by atoms with van der Waals surface area (Å²) in [5.41, 5.74) is 2.89. The quantitative estimate of drug-likeness (QED) is 0.405. The zero-order chi connectivity index (χ0) is 13.3. The molecule has 0 radical (unpaired) electrons. The lowest BCUT2D eigenvalue weighted by Gasteiger charge is -2.09. The molecule has 0 aromatic rings. The molecule has 0 spiro atoms. The van der Waals surface area contributed by atoms with Crippen LogP contribution in [0.4, 0.5) is 0 Å². The van der Waals surface area contributed by atoms with Crippen LogP contribution in [-0.2, 0) is 4.79 Å². The Morgan fingerprint density at radius 3 is 2.41 bits per heavy atom. The van der Waals surface area contributed by atoms with Gasteiger partial charge in [0.05, 0.1) is 0 Å². The van der Waals surface area contributed by atoms with Gasteiger partial charge in [0.25, 0.3) is 0 Å². The maximum Gasteiger partial charge on any atom is 0.328 e. The van der Waals surface area contributed by atoms with Crippen molar-refractivity contribution in [3.8, 4) is 0 Å². The van der Waals surface area contributed by atoms with Crippen LogP contribution < -0.4 is 0 Å². The zero-order valence-electron chi connectivity index (χ0n) is 11.4. The van der Waals surface area contributed by atoms with E-state index in [1.54, 1.807) is 12.2 Å². The minimum atomic E-state index is -0.901. The van der Waals surface area contributed by atoms with E-state index in [-0.39, 0.29) is 0 Å². The van der Waals surface area contributed by atoms with Crippen molar-refractivity contribution in [1.82, 2.24) is 0 Å². The van der Waals surface area contributed by atoms with E-state index in [0.717, 1.165) is 18.9 Å². The first kappa shape index (κ1) is 15.7. The van der Waals surface area contributed by atoms with E-state index in [0.29, 0.717) is 5.92 Å². The van der Waals surface area contributed by atoms with Gasteiger partial charge in [0.15, 0.2) is 0 Å². The molecule has 0 aliphatic rings. The van der Waals surface area contributed by atoms with Crippen LogP contribution in [0.2, 0.25) is 0 Å². The van der Waals surface area contributed by atoms with E-state index in [1.807, 2.05) is 6.08 Å². The van der Waals surface area contributed by atoms with E-state index in [2.05, 4.69) is 27.7 Å². The van der Waals surface area contributed by atoms with Crippen molar-refractivity contribution in [2.24, 2.45) is 5.92 Å². The summed E-state index contributed by atoms with van der Waals surface area (Å²) in [6.07, 6.45) is 9.89. The molecule has 1 atom stereocenters. The maximum absolute atomic E-state index is 10.2. The van der Waals surface area contributed by atoms with Crippen LogP contribution >= 0.6 is 0 Å². The Kier molecular flexibility index (Phi) is 8.12. The van der Waals surface area contributed by atoms with Gasteiger partial charge >= 0.3 is 5.97 Å². The van der Waals surface area contributed by atoms with Gasteiger partial charge in [0, 0.05) is 6.08 Å². The molecule has 0 fully saturated rings. The van der Waals surface area contributed by atoms with E-state index < -0.39 is 5.97 Å². The summed E-state index contributed by atoms with van der Waals surface area (Å²) in [6.45, 7) is 8.71. The van der Waals surface area contributed by atoms with Crippen LogP contribution in [0, 0.1) is 5.92 Å². The second-order valence-electron chi connectivity index (χ2n) is 4.79. The predicted octanol–water partition coefficient (Wildman–Crippen LogP) is 4.35. The number of aliphatic carboxylic acids is 1. The van der Waals surface area contributed by atoms with Gasteiger partial charge in [0.1, 0.15) is 0 Å². The van der Waals surface area contributed by atoms with Crippen molar-refractivity contribution in [2.45, 2.75) is 47.0 Å². The Hall–Kier alpha value is -1.31. The third-order valence-electron chi connectivity index (χ3n) is 2.89. The highest BCUT2D eigenvalue weighted by atomic mass is 16.4. The van der Waals surface area contributed by atoms with Crippen LogP contribution in [0.25, 0.3) is 0 Å². The Labute approximate surface area is 105 Å². The molecule has 17 heavy (non-hydrogen) atoms. The van der Waals surface area contributed by atoms with Crippen LogP contribution in [0.1, 0.15) is 47.0 Å². The van der Waals surface area contributed by atoms with Gasteiger partial charge in [0.2, 0.25) is 0 Å².